The van der Waals surface area contributed by atoms with Crippen molar-refractivity contribution in [3.63, 3.8) is 0 Å². The molecule has 1 rings (SSSR count). The molecular formula is C16H22N4O2. The lowest BCUT2D eigenvalue weighted by atomic mass is 10.1. The molecule has 0 saturated carbocycles. The largest absolute Gasteiger partial charge is 0.384 e. The minimum atomic E-state index is -0.293. The summed E-state index contributed by atoms with van der Waals surface area (Å²) >= 11 is 0. The lowest BCUT2D eigenvalue weighted by Crippen LogP contribution is -2.41. The van der Waals surface area contributed by atoms with Crippen molar-refractivity contribution in [2.45, 2.75) is 38.6 Å². The van der Waals surface area contributed by atoms with Gasteiger partial charge in [0.25, 0.3) is 0 Å². The summed E-state index contributed by atoms with van der Waals surface area (Å²) in [6.07, 6.45) is 7.55. The van der Waals surface area contributed by atoms with E-state index in [9.17, 15) is 9.59 Å². The van der Waals surface area contributed by atoms with Gasteiger partial charge in [-0.1, -0.05) is 18.9 Å². The number of aryl methyl sites for hydroxylation is 1. The van der Waals surface area contributed by atoms with E-state index in [1.807, 2.05) is 19.1 Å². The highest BCUT2D eigenvalue weighted by molar-refractivity contribution is 5.84. The van der Waals surface area contributed by atoms with Crippen molar-refractivity contribution in [2.75, 3.05) is 12.3 Å². The van der Waals surface area contributed by atoms with Crippen LogP contribution >= 0.6 is 0 Å². The van der Waals surface area contributed by atoms with Crippen molar-refractivity contribution in [1.82, 2.24) is 15.6 Å². The summed E-state index contributed by atoms with van der Waals surface area (Å²) in [5.74, 6) is 2.48. The molecule has 1 heterocycles. The Kier molecular flexibility index (Phi) is 7.48. The van der Waals surface area contributed by atoms with Gasteiger partial charge in [-0.25, -0.2) is 4.98 Å². The molecule has 1 unspecified atom stereocenters. The summed E-state index contributed by atoms with van der Waals surface area (Å²) in [7, 11) is 0. The molecule has 0 saturated heterocycles. The maximum atomic E-state index is 11.7. The summed E-state index contributed by atoms with van der Waals surface area (Å²) in [6, 6.07) is 5.12. The normalized spacial score (nSPS) is 11.3. The maximum Gasteiger partial charge on any atom is 0.240 e. The lowest BCUT2D eigenvalue weighted by Gasteiger charge is -2.11. The van der Waals surface area contributed by atoms with Crippen LogP contribution in [0.1, 0.15) is 31.9 Å². The molecule has 1 atom stereocenters. The predicted octanol–water partition coefficient (Wildman–Crippen LogP) is 0.631. The first-order valence-electron chi connectivity index (χ1n) is 7.28. The molecule has 22 heavy (non-hydrogen) atoms. The number of amides is 2. The Morgan fingerprint density at radius 1 is 1.41 bits per heavy atom. The number of rotatable bonds is 8. The van der Waals surface area contributed by atoms with Crippen LogP contribution in [0.25, 0.3) is 0 Å². The van der Waals surface area contributed by atoms with E-state index in [4.69, 9.17) is 12.2 Å². The molecule has 118 valence electrons. The van der Waals surface area contributed by atoms with Gasteiger partial charge in [-0.2, -0.15) is 0 Å². The van der Waals surface area contributed by atoms with Crippen molar-refractivity contribution < 1.29 is 9.59 Å². The number of nitrogens with zero attached hydrogens (tertiary/aromatic N) is 1. The number of nitrogen functional groups attached to an aromatic ring is 1. The van der Waals surface area contributed by atoms with Crippen LogP contribution in [0.3, 0.4) is 0 Å². The molecule has 0 spiro atoms. The molecule has 4 N–H and O–H groups in total. The lowest BCUT2D eigenvalue weighted by molar-refractivity contribution is -0.126. The molecule has 0 aromatic carbocycles. The van der Waals surface area contributed by atoms with Crippen molar-refractivity contribution in [1.29, 1.82) is 0 Å². The number of anilines is 1. The first-order chi connectivity index (χ1) is 10.5. The molecule has 0 fully saturated rings. The number of terminal acetylenes is 1. The fraction of sp³-hybridized carbons (Fsp3) is 0.438. The maximum absolute atomic E-state index is 11.7. The van der Waals surface area contributed by atoms with Crippen LogP contribution in [0.5, 0.6) is 0 Å². The molecule has 0 bridgehead atoms. The highest BCUT2D eigenvalue weighted by Crippen LogP contribution is 2.04. The van der Waals surface area contributed by atoms with Gasteiger partial charge < -0.3 is 16.4 Å². The standard InChI is InChI=1S/C16H22N4O2/c1-3-12(4-2)20-16(22)11-18-15(21)10-6-8-13-7-5-9-14(17)19-13/h1,5,7,9,12H,4,6,8,10-11H2,2H3,(H2,17,19)(H,18,21)(H,20,22). The molecule has 0 aliphatic carbocycles. The van der Waals surface area contributed by atoms with Crippen LogP contribution in [0.2, 0.25) is 0 Å². The number of aromatic nitrogens is 1. The summed E-state index contributed by atoms with van der Waals surface area (Å²) in [5.41, 5.74) is 6.44. The molecule has 1 aromatic rings. The molecule has 1 aromatic heterocycles. The number of carbonyl (C=O) groups excluding carboxylic acids is 2. The Bertz CT molecular complexity index is 551. The van der Waals surface area contributed by atoms with Gasteiger partial charge in [0.1, 0.15) is 5.82 Å². The summed E-state index contributed by atoms with van der Waals surface area (Å²) in [4.78, 5) is 27.4. The van der Waals surface area contributed by atoms with Crippen molar-refractivity contribution >= 4 is 17.6 Å². The first-order valence-corrected chi connectivity index (χ1v) is 7.28. The van der Waals surface area contributed by atoms with Gasteiger partial charge in [-0.3, -0.25) is 9.59 Å². The van der Waals surface area contributed by atoms with Gasteiger partial charge in [-0.05, 0) is 31.4 Å². The minimum Gasteiger partial charge on any atom is -0.384 e. The van der Waals surface area contributed by atoms with E-state index >= 15 is 0 Å². The molecule has 0 aliphatic heterocycles. The summed E-state index contributed by atoms with van der Waals surface area (Å²) in [5, 5.41) is 5.22. The van der Waals surface area contributed by atoms with Crippen LogP contribution in [0.4, 0.5) is 5.82 Å². The zero-order valence-electron chi connectivity index (χ0n) is 12.8. The van der Waals surface area contributed by atoms with Crippen LogP contribution in [0, 0.1) is 12.3 Å². The van der Waals surface area contributed by atoms with E-state index in [1.54, 1.807) is 6.07 Å². The Hall–Kier alpha value is -2.55. The minimum absolute atomic E-state index is 0.0620. The second-order valence-corrected chi connectivity index (χ2v) is 4.88. The highest BCUT2D eigenvalue weighted by atomic mass is 16.2. The number of nitrogens with two attached hydrogens (primary N) is 1. The van der Waals surface area contributed by atoms with Crippen LogP contribution in [0.15, 0.2) is 18.2 Å². The fourth-order valence-electron chi connectivity index (χ4n) is 1.84. The fourth-order valence-corrected chi connectivity index (χ4v) is 1.84. The topological polar surface area (TPSA) is 97.1 Å². The third kappa shape index (κ3) is 6.75. The highest BCUT2D eigenvalue weighted by Gasteiger charge is 2.09. The van der Waals surface area contributed by atoms with Crippen LogP contribution in [-0.2, 0) is 16.0 Å². The molecule has 6 nitrogen and oxygen atoms in total. The third-order valence-corrected chi connectivity index (χ3v) is 3.06. The quantitative estimate of drug-likeness (QED) is 0.614. The number of nitrogens with one attached hydrogen (secondary N) is 2. The van der Waals surface area contributed by atoms with E-state index in [1.165, 1.54) is 0 Å². The SMILES string of the molecule is C#CC(CC)NC(=O)CNC(=O)CCCc1cccc(N)n1. The van der Waals surface area contributed by atoms with Gasteiger partial charge >= 0.3 is 0 Å². The van der Waals surface area contributed by atoms with Gasteiger partial charge in [-0.15, -0.1) is 6.42 Å². The molecule has 6 heteroatoms. The zero-order valence-corrected chi connectivity index (χ0v) is 12.8. The second kappa shape index (κ2) is 9.40. The number of hydrogen-bond donors (Lipinski definition) is 3. The number of hydrogen-bond acceptors (Lipinski definition) is 4. The van der Waals surface area contributed by atoms with Gasteiger partial charge in [0.2, 0.25) is 11.8 Å². The monoisotopic (exact) mass is 302 g/mol. The predicted molar refractivity (Wildman–Crippen MR) is 85.7 cm³/mol. The average molecular weight is 302 g/mol. The first kappa shape index (κ1) is 17.5. The van der Waals surface area contributed by atoms with E-state index in [0.29, 0.717) is 31.5 Å². The molecule has 0 radical (unpaired) electrons. The Labute approximate surface area is 130 Å². The zero-order chi connectivity index (χ0) is 16.4. The van der Waals surface area contributed by atoms with Gasteiger partial charge in [0.15, 0.2) is 0 Å². The van der Waals surface area contributed by atoms with Crippen LogP contribution in [-0.4, -0.2) is 29.4 Å². The molecular weight excluding hydrogens is 280 g/mol. The van der Waals surface area contributed by atoms with Crippen molar-refractivity contribution in [2.24, 2.45) is 0 Å². The Morgan fingerprint density at radius 2 is 2.18 bits per heavy atom. The summed E-state index contributed by atoms with van der Waals surface area (Å²) < 4.78 is 0. The van der Waals surface area contributed by atoms with Crippen LogP contribution < -0.4 is 16.4 Å². The molecule has 2 amide bonds. The second-order valence-electron chi connectivity index (χ2n) is 4.88. The smallest absolute Gasteiger partial charge is 0.240 e. The van der Waals surface area contributed by atoms with E-state index in [-0.39, 0.29) is 24.4 Å². The number of pyridine rings is 1. The van der Waals surface area contributed by atoms with Gasteiger partial charge in [0.05, 0.1) is 12.6 Å². The molecule has 0 aliphatic rings. The van der Waals surface area contributed by atoms with E-state index in [2.05, 4.69) is 21.5 Å². The van der Waals surface area contributed by atoms with Crippen molar-refractivity contribution in [3.05, 3.63) is 23.9 Å². The van der Waals surface area contributed by atoms with E-state index in [0.717, 1.165) is 5.69 Å². The van der Waals surface area contributed by atoms with Gasteiger partial charge in [0, 0.05) is 12.1 Å². The Balaban J connectivity index is 2.21. The Morgan fingerprint density at radius 3 is 2.82 bits per heavy atom. The number of carbonyl (C=O) groups is 2. The summed E-state index contributed by atoms with van der Waals surface area (Å²) in [6.45, 7) is 1.82. The van der Waals surface area contributed by atoms with E-state index < -0.39 is 0 Å². The van der Waals surface area contributed by atoms with Crippen molar-refractivity contribution in [3.8, 4) is 12.3 Å². The third-order valence-electron chi connectivity index (χ3n) is 3.06. The average Bonchev–Trinajstić information content (AvgIpc) is 2.50.